The molecular weight excluding hydrogens is 356 g/mol. The van der Waals surface area contributed by atoms with Crippen molar-refractivity contribution in [2.24, 2.45) is 0 Å². The number of rotatable bonds is 4. The first-order valence-corrected chi connectivity index (χ1v) is 9.64. The second-order valence-electron chi connectivity index (χ2n) is 8.15. The maximum absolute atomic E-state index is 12.5. The average Bonchev–Trinajstić information content (AvgIpc) is 3.14. The molecule has 0 saturated carbocycles. The predicted molar refractivity (Wildman–Crippen MR) is 106 cm³/mol. The summed E-state index contributed by atoms with van der Waals surface area (Å²) in [5.41, 5.74) is 1.26. The maximum atomic E-state index is 12.5. The SMILES string of the molecule is CC(C)(C)OC(=O)N1CCC(NC(=O)c2ccc(Cn3ccnc3)cc2)CC1. The highest BCUT2D eigenvalue weighted by atomic mass is 16.6. The number of hydrogen-bond acceptors (Lipinski definition) is 4. The molecule has 150 valence electrons. The number of carbonyl (C=O) groups excluding carboxylic acids is 2. The van der Waals surface area contributed by atoms with E-state index in [1.165, 1.54) is 0 Å². The van der Waals surface area contributed by atoms with E-state index in [1.807, 2.05) is 55.8 Å². The molecule has 0 aliphatic carbocycles. The molecule has 7 nitrogen and oxygen atoms in total. The van der Waals surface area contributed by atoms with E-state index in [2.05, 4.69) is 10.3 Å². The topological polar surface area (TPSA) is 76.5 Å². The van der Waals surface area contributed by atoms with Gasteiger partial charge in [-0.2, -0.15) is 0 Å². The van der Waals surface area contributed by atoms with Crippen LogP contribution in [-0.4, -0.2) is 51.2 Å². The maximum Gasteiger partial charge on any atom is 0.410 e. The monoisotopic (exact) mass is 384 g/mol. The van der Waals surface area contributed by atoms with Gasteiger partial charge in [-0.1, -0.05) is 12.1 Å². The summed E-state index contributed by atoms with van der Waals surface area (Å²) in [5, 5.41) is 3.07. The third-order valence-electron chi connectivity index (χ3n) is 4.62. The molecular formula is C21H28N4O3. The molecule has 2 aromatic rings. The summed E-state index contributed by atoms with van der Waals surface area (Å²) in [6.07, 6.45) is 6.59. The second kappa shape index (κ2) is 8.46. The molecule has 0 atom stereocenters. The number of carbonyl (C=O) groups is 2. The molecule has 0 bridgehead atoms. The number of amides is 2. The predicted octanol–water partition coefficient (Wildman–Crippen LogP) is 3.06. The number of aromatic nitrogens is 2. The Kier molecular flexibility index (Phi) is 6.02. The number of ether oxygens (including phenoxy) is 1. The van der Waals surface area contributed by atoms with Crippen molar-refractivity contribution >= 4 is 12.0 Å². The summed E-state index contributed by atoms with van der Waals surface area (Å²) in [4.78, 5) is 30.4. The molecule has 3 rings (SSSR count). The molecule has 1 aliphatic rings. The third kappa shape index (κ3) is 5.58. The number of nitrogens with one attached hydrogen (secondary N) is 1. The van der Waals surface area contributed by atoms with Crippen LogP contribution in [0.15, 0.2) is 43.0 Å². The number of imidazole rings is 1. The van der Waals surface area contributed by atoms with Gasteiger partial charge in [0.1, 0.15) is 5.60 Å². The Morgan fingerprint density at radius 1 is 1.18 bits per heavy atom. The number of benzene rings is 1. The minimum atomic E-state index is -0.494. The van der Waals surface area contributed by atoms with E-state index in [0.717, 1.165) is 24.9 Å². The molecule has 1 aromatic heterocycles. The lowest BCUT2D eigenvalue weighted by Crippen LogP contribution is -2.47. The van der Waals surface area contributed by atoms with Crippen molar-refractivity contribution < 1.29 is 14.3 Å². The highest BCUT2D eigenvalue weighted by Crippen LogP contribution is 2.16. The van der Waals surface area contributed by atoms with Crippen molar-refractivity contribution in [3.63, 3.8) is 0 Å². The number of likely N-dealkylation sites (tertiary alicyclic amines) is 1. The highest BCUT2D eigenvalue weighted by molar-refractivity contribution is 5.94. The van der Waals surface area contributed by atoms with Crippen molar-refractivity contribution in [1.29, 1.82) is 0 Å². The summed E-state index contributed by atoms with van der Waals surface area (Å²) >= 11 is 0. The van der Waals surface area contributed by atoms with Crippen molar-refractivity contribution in [3.8, 4) is 0 Å². The number of piperidine rings is 1. The third-order valence-corrected chi connectivity index (χ3v) is 4.62. The molecule has 0 spiro atoms. The van der Waals surface area contributed by atoms with Gasteiger partial charge in [0, 0.05) is 43.6 Å². The van der Waals surface area contributed by atoms with Crippen LogP contribution in [-0.2, 0) is 11.3 Å². The highest BCUT2D eigenvalue weighted by Gasteiger charge is 2.27. The van der Waals surface area contributed by atoms with Gasteiger partial charge < -0.3 is 19.5 Å². The fourth-order valence-corrected chi connectivity index (χ4v) is 3.15. The van der Waals surface area contributed by atoms with E-state index in [9.17, 15) is 9.59 Å². The lowest BCUT2D eigenvalue weighted by Gasteiger charge is -2.33. The van der Waals surface area contributed by atoms with Gasteiger partial charge in [-0.15, -0.1) is 0 Å². The fraction of sp³-hybridized carbons (Fsp3) is 0.476. The van der Waals surface area contributed by atoms with E-state index in [4.69, 9.17) is 4.74 Å². The molecule has 0 unspecified atom stereocenters. The minimum absolute atomic E-state index is 0.0665. The Bertz CT molecular complexity index is 786. The quantitative estimate of drug-likeness (QED) is 0.879. The van der Waals surface area contributed by atoms with Gasteiger partial charge in [-0.25, -0.2) is 9.78 Å². The summed E-state index contributed by atoms with van der Waals surface area (Å²) < 4.78 is 7.39. The number of nitrogens with zero attached hydrogens (tertiary/aromatic N) is 3. The van der Waals surface area contributed by atoms with Gasteiger partial charge >= 0.3 is 6.09 Å². The molecule has 1 aliphatic heterocycles. The average molecular weight is 384 g/mol. The smallest absolute Gasteiger partial charge is 0.410 e. The van der Waals surface area contributed by atoms with Crippen molar-refractivity contribution in [3.05, 3.63) is 54.1 Å². The normalized spacial score (nSPS) is 15.3. The Morgan fingerprint density at radius 3 is 2.43 bits per heavy atom. The zero-order chi connectivity index (χ0) is 20.1. The van der Waals surface area contributed by atoms with E-state index in [1.54, 1.807) is 17.4 Å². The Balaban J connectivity index is 1.47. The van der Waals surface area contributed by atoms with Crippen LogP contribution < -0.4 is 5.32 Å². The van der Waals surface area contributed by atoms with Crippen LogP contribution >= 0.6 is 0 Å². The van der Waals surface area contributed by atoms with Gasteiger partial charge in [0.25, 0.3) is 5.91 Å². The first-order chi connectivity index (χ1) is 13.3. The van der Waals surface area contributed by atoms with E-state index in [-0.39, 0.29) is 18.0 Å². The molecule has 7 heteroatoms. The largest absolute Gasteiger partial charge is 0.444 e. The van der Waals surface area contributed by atoms with Crippen LogP contribution in [0.4, 0.5) is 4.79 Å². The summed E-state index contributed by atoms with van der Waals surface area (Å²) in [6, 6.07) is 7.67. The molecule has 1 aromatic carbocycles. The van der Waals surface area contributed by atoms with E-state index in [0.29, 0.717) is 18.7 Å². The first-order valence-electron chi connectivity index (χ1n) is 9.64. The Hall–Kier alpha value is -2.83. The summed E-state index contributed by atoms with van der Waals surface area (Å²) in [6.45, 7) is 7.48. The van der Waals surface area contributed by atoms with Gasteiger partial charge in [0.05, 0.1) is 6.33 Å². The molecule has 2 heterocycles. The molecule has 28 heavy (non-hydrogen) atoms. The minimum Gasteiger partial charge on any atom is -0.444 e. The fourth-order valence-electron chi connectivity index (χ4n) is 3.15. The standard InChI is InChI=1S/C21H28N4O3/c1-21(2,3)28-20(27)25-11-8-18(9-12-25)23-19(26)17-6-4-16(5-7-17)14-24-13-10-22-15-24/h4-7,10,13,15,18H,8-9,11-12,14H2,1-3H3,(H,23,26). The Morgan fingerprint density at radius 2 is 1.86 bits per heavy atom. The number of hydrogen-bond donors (Lipinski definition) is 1. The second-order valence-corrected chi connectivity index (χ2v) is 8.15. The van der Waals surface area contributed by atoms with Crippen molar-refractivity contribution in [1.82, 2.24) is 19.8 Å². The zero-order valence-corrected chi connectivity index (χ0v) is 16.7. The summed E-state index contributed by atoms with van der Waals surface area (Å²) in [5.74, 6) is -0.0788. The molecule has 1 saturated heterocycles. The van der Waals surface area contributed by atoms with Gasteiger partial charge in [-0.05, 0) is 51.3 Å². The van der Waals surface area contributed by atoms with Crippen LogP contribution in [0.5, 0.6) is 0 Å². The van der Waals surface area contributed by atoms with Crippen molar-refractivity contribution in [2.45, 2.75) is 51.8 Å². The summed E-state index contributed by atoms with van der Waals surface area (Å²) in [7, 11) is 0. The lowest BCUT2D eigenvalue weighted by atomic mass is 10.0. The van der Waals surface area contributed by atoms with Gasteiger partial charge in [-0.3, -0.25) is 4.79 Å². The van der Waals surface area contributed by atoms with Crippen LogP contribution in [0.2, 0.25) is 0 Å². The van der Waals surface area contributed by atoms with Crippen LogP contribution in [0.25, 0.3) is 0 Å². The van der Waals surface area contributed by atoms with Crippen LogP contribution in [0.1, 0.15) is 49.5 Å². The molecule has 0 radical (unpaired) electrons. The lowest BCUT2D eigenvalue weighted by molar-refractivity contribution is 0.0199. The van der Waals surface area contributed by atoms with Gasteiger partial charge in [0.2, 0.25) is 0 Å². The van der Waals surface area contributed by atoms with E-state index < -0.39 is 5.60 Å². The molecule has 1 N–H and O–H groups in total. The van der Waals surface area contributed by atoms with Crippen molar-refractivity contribution in [2.75, 3.05) is 13.1 Å². The van der Waals surface area contributed by atoms with Crippen LogP contribution in [0, 0.1) is 0 Å². The first kappa shape index (κ1) is 19.9. The Labute approximate surface area is 165 Å². The zero-order valence-electron chi connectivity index (χ0n) is 16.7. The molecule has 2 amide bonds. The molecule has 1 fully saturated rings. The van der Waals surface area contributed by atoms with Gasteiger partial charge in [0.15, 0.2) is 0 Å². The van der Waals surface area contributed by atoms with E-state index >= 15 is 0 Å². The van der Waals surface area contributed by atoms with Crippen LogP contribution in [0.3, 0.4) is 0 Å².